The van der Waals surface area contributed by atoms with Crippen molar-refractivity contribution in [2.75, 3.05) is 13.7 Å². The Morgan fingerprint density at radius 1 is 1.21 bits per heavy atom. The van der Waals surface area contributed by atoms with E-state index in [0.29, 0.717) is 11.3 Å². The van der Waals surface area contributed by atoms with Crippen molar-refractivity contribution in [3.63, 3.8) is 0 Å². The Morgan fingerprint density at radius 3 is 2.72 bits per heavy atom. The summed E-state index contributed by atoms with van der Waals surface area (Å²) in [6.45, 7) is 0.0921. The van der Waals surface area contributed by atoms with Gasteiger partial charge in [-0.25, -0.2) is 4.79 Å². The van der Waals surface area contributed by atoms with Gasteiger partial charge in [0.2, 0.25) is 5.54 Å². The van der Waals surface area contributed by atoms with E-state index in [0.717, 1.165) is 5.56 Å². The lowest BCUT2D eigenvalue weighted by molar-refractivity contribution is -0.122. The van der Waals surface area contributed by atoms with Crippen LogP contribution in [0.4, 0.5) is 4.79 Å². The first kappa shape index (κ1) is 18.3. The van der Waals surface area contributed by atoms with Crippen molar-refractivity contribution >= 4 is 17.8 Å². The molecule has 3 heterocycles. The number of imide groups is 1. The van der Waals surface area contributed by atoms with Crippen LogP contribution in [0.3, 0.4) is 0 Å². The lowest BCUT2D eigenvalue weighted by atomic mass is 9.99. The number of nitrogens with zero attached hydrogens (tertiary/aromatic N) is 1. The number of hydrogen-bond donors (Lipinski definition) is 3. The molecule has 2 aromatic rings. The van der Waals surface area contributed by atoms with Crippen molar-refractivity contribution in [2.24, 2.45) is 0 Å². The minimum Gasteiger partial charge on any atom is -0.497 e. The Kier molecular flexibility index (Phi) is 4.31. The summed E-state index contributed by atoms with van der Waals surface area (Å²) in [5, 5.41) is 4.65. The number of hydrogen-bond acceptors (Lipinski definition) is 5. The maximum absolute atomic E-state index is 12.8. The lowest BCUT2D eigenvalue weighted by Crippen LogP contribution is -2.54. The van der Waals surface area contributed by atoms with Crippen LogP contribution in [0.25, 0.3) is 0 Å². The molecule has 4 rings (SSSR count). The molecule has 9 heteroatoms. The number of H-pyrrole nitrogens is 1. The lowest BCUT2D eigenvalue weighted by Gasteiger charge is -2.26. The Hall–Kier alpha value is -4.06. The zero-order valence-electron chi connectivity index (χ0n) is 15.4. The van der Waals surface area contributed by atoms with Crippen LogP contribution in [0.1, 0.15) is 21.5 Å². The summed E-state index contributed by atoms with van der Waals surface area (Å²) in [6.07, 6.45) is 1.46. The third kappa shape index (κ3) is 3.21. The van der Waals surface area contributed by atoms with Crippen LogP contribution in [0.5, 0.6) is 5.75 Å². The minimum atomic E-state index is -1.67. The van der Waals surface area contributed by atoms with Crippen LogP contribution in [-0.2, 0) is 11.3 Å². The maximum Gasteiger partial charge on any atom is 0.323 e. The number of aromatic nitrogens is 1. The third-order valence-corrected chi connectivity index (χ3v) is 4.79. The van der Waals surface area contributed by atoms with Crippen molar-refractivity contribution in [1.29, 1.82) is 0 Å². The number of rotatable bonds is 3. The number of fused-ring (bicyclic) bond motifs is 1. The monoisotopic (exact) mass is 392 g/mol. The fourth-order valence-corrected chi connectivity index (χ4v) is 3.31. The van der Waals surface area contributed by atoms with Crippen molar-refractivity contribution in [2.45, 2.75) is 12.1 Å². The zero-order valence-corrected chi connectivity index (χ0v) is 15.4. The number of ether oxygens (including phenoxy) is 1. The second kappa shape index (κ2) is 6.83. The average molecular weight is 392 g/mol. The van der Waals surface area contributed by atoms with E-state index >= 15 is 0 Å². The van der Waals surface area contributed by atoms with Crippen LogP contribution < -0.4 is 20.9 Å². The predicted molar refractivity (Wildman–Crippen MR) is 101 cm³/mol. The van der Waals surface area contributed by atoms with Gasteiger partial charge in [0.05, 0.1) is 19.2 Å². The van der Waals surface area contributed by atoms with Gasteiger partial charge in [0.1, 0.15) is 5.75 Å². The summed E-state index contributed by atoms with van der Waals surface area (Å²) in [5.41, 5.74) is -0.695. The van der Waals surface area contributed by atoms with Crippen molar-refractivity contribution in [3.05, 3.63) is 63.6 Å². The number of pyridine rings is 1. The number of nitrogens with one attached hydrogen (secondary N) is 3. The van der Waals surface area contributed by atoms with Crippen molar-refractivity contribution in [1.82, 2.24) is 20.5 Å². The third-order valence-electron chi connectivity index (χ3n) is 4.79. The van der Waals surface area contributed by atoms with E-state index in [9.17, 15) is 19.2 Å². The molecule has 29 heavy (non-hydrogen) atoms. The van der Waals surface area contributed by atoms with Gasteiger partial charge in [-0.15, -0.1) is 0 Å². The highest BCUT2D eigenvalue weighted by atomic mass is 16.5. The van der Waals surface area contributed by atoms with E-state index in [1.807, 2.05) is 0 Å². The maximum atomic E-state index is 12.8. The predicted octanol–water partition coefficient (Wildman–Crippen LogP) is -0.0308. The van der Waals surface area contributed by atoms with Crippen molar-refractivity contribution < 1.29 is 19.1 Å². The van der Waals surface area contributed by atoms with E-state index in [-0.39, 0.29) is 24.6 Å². The fraction of sp³-hybridized carbons (Fsp3) is 0.200. The highest BCUT2D eigenvalue weighted by Gasteiger charge is 2.48. The smallest absolute Gasteiger partial charge is 0.323 e. The molecule has 4 amide bonds. The molecule has 1 fully saturated rings. The Bertz CT molecular complexity index is 1160. The van der Waals surface area contributed by atoms with Gasteiger partial charge in [-0.2, -0.15) is 0 Å². The summed E-state index contributed by atoms with van der Waals surface area (Å²) < 4.78 is 5.16. The number of amides is 4. The molecular weight excluding hydrogens is 376 g/mol. The van der Waals surface area contributed by atoms with E-state index in [1.165, 1.54) is 24.3 Å². The molecule has 0 radical (unpaired) electrons. The highest BCUT2D eigenvalue weighted by Crippen LogP contribution is 2.28. The quantitative estimate of drug-likeness (QED) is 0.500. The number of aromatic amines is 1. The first-order chi connectivity index (χ1) is 13.9. The number of benzene rings is 1. The average Bonchev–Trinajstić information content (AvgIpc) is 3.16. The van der Waals surface area contributed by atoms with Gasteiger partial charge in [0, 0.05) is 18.3 Å². The number of urea groups is 1. The number of carbonyl (C=O) groups is 3. The second-order valence-corrected chi connectivity index (χ2v) is 6.66. The van der Waals surface area contributed by atoms with E-state index in [4.69, 9.17) is 4.74 Å². The highest BCUT2D eigenvalue weighted by molar-refractivity contribution is 6.10. The van der Waals surface area contributed by atoms with Crippen LogP contribution in [0, 0.1) is 11.8 Å². The summed E-state index contributed by atoms with van der Waals surface area (Å²) in [7, 11) is 1.51. The van der Waals surface area contributed by atoms with Gasteiger partial charge >= 0.3 is 6.03 Å². The molecule has 3 N–H and O–H groups in total. The number of methoxy groups -OCH3 is 1. The van der Waals surface area contributed by atoms with Gasteiger partial charge in [-0.3, -0.25) is 19.7 Å². The minimum absolute atomic E-state index is 0.140. The van der Waals surface area contributed by atoms with E-state index < -0.39 is 23.0 Å². The fourth-order valence-electron chi connectivity index (χ4n) is 3.31. The molecule has 0 saturated carbocycles. The SMILES string of the molecule is COc1ccc2c(c1)C(=O)N(C[C@@]1(C#Cc3ccc[nH]c3=O)NC(=O)NC1=O)C2. The van der Waals surface area contributed by atoms with Gasteiger partial charge in [-0.05, 0) is 29.8 Å². The molecule has 0 aliphatic carbocycles. The first-order valence-electron chi connectivity index (χ1n) is 8.72. The zero-order chi connectivity index (χ0) is 20.6. The van der Waals surface area contributed by atoms with Crippen LogP contribution in [-0.4, -0.2) is 46.9 Å². The topological polar surface area (TPSA) is 121 Å². The molecule has 0 bridgehead atoms. The van der Waals surface area contributed by atoms with Gasteiger partial charge in [0.25, 0.3) is 17.4 Å². The summed E-state index contributed by atoms with van der Waals surface area (Å²) in [5.74, 6) is 4.91. The Labute approximate surface area is 165 Å². The van der Waals surface area contributed by atoms with Crippen LogP contribution in [0.15, 0.2) is 41.3 Å². The molecule has 1 aromatic heterocycles. The standard InChI is InChI=1S/C20H16N4O5/c1-29-14-5-4-13-10-24(17(26)15(13)9-14)11-20(18(27)22-19(28)23-20)7-6-12-3-2-8-21-16(12)25/h2-5,8-9H,10-11H2,1H3,(H,21,25)(H2,22,23,27,28)/t20-/m1/s1. The molecule has 1 saturated heterocycles. The summed E-state index contributed by atoms with van der Waals surface area (Å²) in [4.78, 5) is 53.0. The number of carbonyl (C=O) groups excluding carboxylic acids is 3. The molecular formula is C20H16N4O5. The normalized spacial score (nSPS) is 19.9. The summed E-state index contributed by atoms with van der Waals surface area (Å²) >= 11 is 0. The van der Waals surface area contributed by atoms with E-state index in [1.54, 1.807) is 24.3 Å². The largest absolute Gasteiger partial charge is 0.497 e. The second-order valence-electron chi connectivity index (χ2n) is 6.66. The molecule has 2 aliphatic rings. The van der Waals surface area contributed by atoms with Crippen molar-refractivity contribution in [3.8, 4) is 17.6 Å². The Balaban J connectivity index is 1.67. The molecule has 1 atom stereocenters. The van der Waals surface area contributed by atoms with Gasteiger partial charge in [-0.1, -0.05) is 17.9 Å². The molecule has 9 nitrogen and oxygen atoms in total. The molecule has 0 unspecified atom stereocenters. The van der Waals surface area contributed by atoms with Gasteiger partial charge < -0.3 is 19.9 Å². The summed E-state index contributed by atoms with van der Waals surface area (Å²) in [6, 6.07) is 7.54. The van der Waals surface area contributed by atoms with Crippen LogP contribution in [0.2, 0.25) is 0 Å². The molecule has 146 valence electrons. The Morgan fingerprint density at radius 2 is 2.03 bits per heavy atom. The van der Waals surface area contributed by atoms with Crippen LogP contribution >= 0.6 is 0 Å². The van der Waals surface area contributed by atoms with E-state index in [2.05, 4.69) is 27.5 Å². The van der Waals surface area contributed by atoms with Gasteiger partial charge in [0.15, 0.2) is 0 Å². The molecule has 0 spiro atoms. The molecule has 1 aromatic carbocycles. The molecule has 2 aliphatic heterocycles. The first-order valence-corrected chi connectivity index (χ1v) is 8.72.